The summed E-state index contributed by atoms with van der Waals surface area (Å²) in [5.74, 6) is 1.99. The monoisotopic (exact) mass is 258 g/mol. The molecule has 0 aliphatic heterocycles. The van der Waals surface area contributed by atoms with E-state index in [0.29, 0.717) is 17.3 Å². The Balaban J connectivity index is 2.06. The van der Waals surface area contributed by atoms with Gasteiger partial charge in [-0.25, -0.2) is 0 Å². The number of hydrogen-bond acceptors (Lipinski definition) is 5. The van der Waals surface area contributed by atoms with Crippen LogP contribution in [-0.2, 0) is 0 Å². The zero-order valence-corrected chi connectivity index (χ0v) is 10.7. The average molecular weight is 258 g/mol. The van der Waals surface area contributed by atoms with Gasteiger partial charge in [-0.1, -0.05) is 0 Å². The van der Waals surface area contributed by atoms with E-state index in [1.54, 1.807) is 38.8 Å². The number of rotatable bonds is 5. The molecule has 1 aromatic heterocycles. The fourth-order valence-electron chi connectivity index (χ4n) is 1.49. The normalized spacial score (nSPS) is 11.3. The Morgan fingerprint density at radius 3 is 2.47 bits per heavy atom. The summed E-state index contributed by atoms with van der Waals surface area (Å²) in [5.41, 5.74) is 0.870. The van der Waals surface area contributed by atoms with Crippen molar-refractivity contribution in [1.29, 1.82) is 0 Å². The zero-order chi connectivity index (χ0) is 13.5. The van der Waals surface area contributed by atoms with Gasteiger partial charge in [-0.05, 0) is 35.9 Å². The molecule has 1 heterocycles. The van der Waals surface area contributed by atoms with Crippen LogP contribution in [0.2, 0.25) is 0 Å². The van der Waals surface area contributed by atoms with Gasteiger partial charge in [0.15, 0.2) is 11.5 Å². The topological polar surface area (TPSA) is 56.3 Å². The number of hydrogen-bond donors (Lipinski definition) is 0. The van der Waals surface area contributed by atoms with Gasteiger partial charge in [-0.3, -0.25) is 0 Å². The Morgan fingerprint density at radius 2 is 1.79 bits per heavy atom. The van der Waals surface area contributed by atoms with Crippen molar-refractivity contribution in [2.45, 2.75) is 0 Å². The lowest BCUT2D eigenvalue weighted by Crippen LogP contribution is -1.91. The average Bonchev–Trinajstić information content (AvgIpc) is 2.96. The van der Waals surface area contributed by atoms with Crippen LogP contribution in [0.15, 0.2) is 51.2 Å². The number of furan rings is 1. The summed E-state index contributed by atoms with van der Waals surface area (Å²) < 4.78 is 15.4. The largest absolute Gasteiger partial charge is 0.493 e. The Hall–Kier alpha value is -2.56. The summed E-state index contributed by atoms with van der Waals surface area (Å²) in [6, 6.07) is 9.10. The van der Waals surface area contributed by atoms with Crippen LogP contribution in [0.1, 0.15) is 11.3 Å². The predicted molar refractivity (Wildman–Crippen MR) is 73.4 cm³/mol. The Bertz CT molecular complexity index is 574. The van der Waals surface area contributed by atoms with Gasteiger partial charge in [0.1, 0.15) is 5.76 Å². The van der Waals surface area contributed by atoms with Crippen LogP contribution in [0.4, 0.5) is 0 Å². The third kappa shape index (κ3) is 3.45. The molecule has 0 saturated heterocycles. The molecule has 0 radical (unpaired) electrons. The van der Waals surface area contributed by atoms with E-state index in [0.717, 1.165) is 5.56 Å². The van der Waals surface area contributed by atoms with Crippen molar-refractivity contribution in [1.82, 2.24) is 0 Å². The van der Waals surface area contributed by atoms with Crippen LogP contribution in [0.5, 0.6) is 11.5 Å². The van der Waals surface area contributed by atoms with Gasteiger partial charge in [0, 0.05) is 0 Å². The molecule has 0 saturated carbocycles. The van der Waals surface area contributed by atoms with Crippen LogP contribution in [-0.4, -0.2) is 26.6 Å². The maximum Gasteiger partial charge on any atom is 0.161 e. The van der Waals surface area contributed by atoms with E-state index in [1.165, 1.54) is 6.21 Å². The molecule has 2 rings (SSSR count). The summed E-state index contributed by atoms with van der Waals surface area (Å²) >= 11 is 0. The van der Waals surface area contributed by atoms with Crippen LogP contribution < -0.4 is 9.47 Å². The van der Waals surface area contributed by atoms with Crippen molar-refractivity contribution in [3.8, 4) is 11.5 Å². The lowest BCUT2D eigenvalue weighted by molar-refractivity contribution is 0.355. The lowest BCUT2D eigenvalue weighted by Gasteiger charge is -2.06. The molecule has 0 N–H and O–H groups in total. The molecule has 0 fully saturated rings. The van der Waals surface area contributed by atoms with E-state index in [-0.39, 0.29) is 0 Å². The first-order chi connectivity index (χ1) is 9.33. The maximum absolute atomic E-state index is 5.20. The molecular weight excluding hydrogens is 244 g/mol. The minimum Gasteiger partial charge on any atom is -0.493 e. The van der Waals surface area contributed by atoms with Gasteiger partial charge in [0.2, 0.25) is 0 Å². The Labute approximate surface area is 111 Å². The smallest absolute Gasteiger partial charge is 0.161 e. The second-order valence-corrected chi connectivity index (χ2v) is 3.62. The minimum absolute atomic E-state index is 0.654. The highest BCUT2D eigenvalue weighted by Gasteiger charge is 2.02. The third-order valence-corrected chi connectivity index (χ3v) is 2.41. The van der Waals surface area contributed by atoms with Crippen molar-refractivity contribution in [2.24, 2.45) is 10.2 Å². The van der Waals surface area contributed by atoms with Crippen molar-refractivity contribution >= 4 is 12.4 Å². The highest BCUT2D eigenvalue weighted by Crippen LogP contribution is 2.26. The summed E-state index contributed by atoms with van der Waals surface area (Å²) in [7, 11) is 3.19. The van der Waals surface area contributed by atoms with E-state index < -0.39 is 0 Å². The van der Waals surface area contributed by atoms with Crippen molar-refractivity contribution in [3.05, 3.63) is 47.9 Å². The summed E-state index contributed by atoms with van der Waals surface area (Å²) in [6.45, 7) is 0. The highest BCUT2D eigenvalue weighted by molar-refractivity contribution is 5.82. The fraction of sp³-hybridized carbons (Fsp3) is 0.143. The fourth-order valence-corrected chi connectivity index (χ4v) is 1.49. The Kier molecular flexibility index (Phi) is 4.34. The molecule has 5 nitrogen and oxygen atoms in total. The van der Waals surface area contributed by atoms with Gasteiger partial charge in [-0.2, -0.15) is 10.2 Å². The molecule has 2 aromatic rings. The van der Waals surface area contributed by atoms with Gasteiger partial charge in [-0.15, -0.1) is 0 Å². The summed E-state index contributed by atoms with van der Waals surface area (Å²) in [4.78, 5) is 0. The van der Waals surface area contributed by atoms with E-state index >= 15 is 0 Å². The van der Waals surface area contributed by atoms with Gasteiger partial charge in [0.05, 0.1) is 32.9 Å². The van der Waals surface area contributed by atoms with Crippen LogP contribution in [0, 0.1) is 0 Å². The summed E-state index contributed by atoms with van der Waals surface area (Å²) in [6.07, 6.45) is 4.75. The second-order valence-electron chi connectivity index (χ2n) is 3.62. The standard InChI is InChI=1S/C14H14N2O3/c1-17-13-6-5-11(8-14(13)18-2)9-15-16-10-12-4-3-7-19-12/h3-10H,1-2H3. The van der Waals surface area contributed by atoms with Crippen LogP contribution in [0.3, 0.4) is 0 Å². The third-order valence-electron chi connectivity index (χ3n) is 2.41. The number of methoxy groups -OCH3 is 2. The molecule has 0 spiro atoms. The quantitative estimate of drug-likeness (QED) is 0.612. The Morgan fingerprint density at radius 1 is 1.00 bits per heavy atom. The minimum atomic E-state index is 0.654. The second kappa shape index (κ2) is 6.39. The first-order valence-electron chi connectivity index (χ1n) is 5.65. The van der Waals surface area contributed by atoms with Crippen molar-refractivity contribution in [3.63, 3.8) is 0 Å². The molecule has 0 atom stereocenters. The van der Waals surface area contributed by atoms with Crippen LogP contribution in [0.25, 0.3) is 0 Å². The zero-order valence-electron chi connectivity index (χ0n) is 10.7. The van der Waals surface area contributed by atoms with E-state index in [9.17, 15) is 0 Å². The van der Waals surface area contributed by atoms with E-state index in [4.69, 9.17) is 13.9 Å². The van der Waals surface area contributed by atoms with E-state index in [1.807, 2.05) is 18.2 Å². The number of benzene rings is 1. The maximum atomic E-state index is 5.20. The molecule has 0 amide bonds. The van der Waals surface area contributed by atoms with Gasteiger partial charge >= 0.3 is 0 Å². The molecule has 0 unspecified atom stereocenters. The lowest BCUT2D eigenvalue weighted by atomic mass is 10.2. The molecule has 0 aliphatic carbocycles. The van der Waals surface area contributed by atoms with Crippen molar-refractivity contribution in [2.75, 3.05) is 14.2 Å². The first kappa shape index (κ1) is 12.9. The SMILES string of the molecule is COc1ccc(C=NN=Cc2ccco2)cc1OC. The van der Waals surface area contributed by atoms with E-state index in [2.05, 4.69) is 10.2 Å². The number of nitrogens with zero attached hydrogens (tertiary/aromatic N) is 2. The van der Waals surface area contributed by atoms with Gasteiger partial charge < -0.3 is 13.9 Å². The molecular formula is C14H14N2O3. The molecule has 0 aliphatic rings. The molecule has 1 aromatic carbocycles. The van der Waals surface area contributed by atoms with Crippen molar-refractivity contribution < 1.29 is 13.9 Å². The molecule has 19 heavy (non-hydrogen) atoms. The van der Waals surface area contributed by atoms with Crippen LogP contribution >= 0.6 is 0 Å². The molecule has 98 valence electrons. The summed E-state index contributed by atoms with van der Waals surface area (Å²) in [5, 5.41) is 7.82. The number of ether oxygens (including phenoxy) is 2. The first-order valence-corrected chi connectivity index (χ1v) is 5.65. The molecule has 0 bridgehead atoms. The van der Waals surface area contributed by atoms with Gasteiger partial charge in [0.25, 0.3) is 0 Å². The highest BCUT2D eigenvalue weighted by atomic mass is 16.5. The predicted octanol–water partition coefficient (Wildman–Crippen LogP) is 2.75. The molecule has 5 heteroatoms.